The number of rotatable bonds is 8. The molecule has 4 nitrogen and oxygen atoms in total. The van der Waals surface area contributed by atoms with E-state index in [-0.39, 0.29) is 12.5 Å². The average molecular weight is 316 g/mol. The van der Waals surface area contributed by atoms with E-state index in [2.05, 4.69) is 37.1 Å². The number of benzene rings is 1. The van der Waals surface area contributed by atoms with Crippen LogP contribution in [0, 0.1) is 18.8 Å². The second-order valence-electron chi connectivity index (χ2n) is 6.80. The zero-order valence-corrected chi connectivity index (χ0v) is 14.4. The number of hydrogen-bond acceptors (Lipinski definition) is 2. The lowest BCUT2D eigenvalue weighted by Crippen LogP contribution is -2.31. The summed E-state index contributed by atoms with van der Waals surface area (Å²) in [7, 11) is 0. The summed E-state index contributed by atoms with van der Waals surface area (Å²) in [5.74, 6) is 0.953. The minimum atomic E-state index is 0.0425. The molecular weight excluding hydrogens is 288 g/mol. The van der Waals surface area contributed by atoms with E-state index in [0.29, 0.717) is 24.8 Å². The van der Waals surface area contributed by atoms with Crippen LogP contribution in [-0.2, 0) is 11.2 Å². The summed E-state index contributed by atoms with van der Waals surface area (Å²) in [5, 5.41) is 13.3. The Morgan fingerprint density at radius 1 is 1.35 bits per heavy atom. The first-order chi connectivity index (χ1) is 11.0. The van der Waals surface area contributed by atoms with Crippen LogP contribution >= 0.6 is 0 Å². The van der Waals surface area contributed by atoms with Crippen LogP contribution in [0.25, 0.3) is 10.9 Å². The molecule has 2 aromatic rings. The van der Waals surface area contributed by atoms with Gasteiger partial charge in [0.1, 0.15) is 0 Å². The summed E-state index contributed by atoms with van der Waals surface area (Å²) in [5.41, 5.74) is 3.30. The van der Waals surface area contributed by atoms with Crippen molar-refractivity contribution in [3.05, 3.63) is 35.5 Å². The number of fused-ring (bicyclic) bond motifs is 1. The van der Waals surface area contributed by atoms with Gasteiger partial charge in [-0.05, 0) is 48.8 Å². The molecule has 1 aromatic carbocycles. The quantitative estimate of drug-likeness (QED) is 0.700. The number of aliphatic hydroxyl groups excluding tert-OH is 1. The molecule has 0 fully saturated rings. The predicted octanol–water partition coefficient (Wildman–Crippen LogP) is 3.18. The van der Waals surface area contributed by atoms with Gasteiger partial charge in [-0.1, -0.05) is 26.0 Å². The van der Waals surface area contributed by atoms with Crippen molar-refractivity contribution < 1.29 is 9.90 Å². The van der Waals surface area contributed by atoms with Gasteiger partial charge in [0.2, 0.25) is 5.91 Å². The Balaban J connectivity index is 1.95. The van der Waals surface area contributed by atoms with Crippen LogP contribution < -0.4 is 5.32 Å². The third kappa shape index (κ3) is 4.83. The maximum Gasteiger partial charge on any atom is 0.224 e. The van der Waals surface area contributed by atoms with Gasteiger partial charge < -0.3 is 15.4 Å². The van der Waals surface area contributed by atoms with Crippen LogP contribution in [0.4, 0.5) is 0 Å². The fraction of sp³-hybridized carbons (Fsp3) is 0.526. The van der Waals surface area contributed by atoms with Gasteiger partial charge in [0, 0.05) is 30.3 Å². The van der Waals surface area contributed by atoms with Gasteiger partial charge in [0.15, 0.2) is 0 Å². The molecule has 0 saturated carbocycles. The van der Waals surface area contributed by atoms with Crippen molar-refractivity contribution in [2.24, 2.45) is 11.8 Å². The minimum absolute atomic E-state index is 0.0425. The average Bonchev–Trinajstić information content (AvgIpc) is 2.89. The lowest BCUT2D eigenvalue weighted by atomic mass is 9.94. The maximum absolute atomic E-state index is 12.3. The summed E-state index contributed by atoms with van der Waals surface area (Å²) >= 11 is 0. The summed E-state index contributed by atoms with van der Waals surface area (Å²) < 4.78 is 0. The number of nitrogens with one attached hydrogen (secondary N) is 2. The van der Waals surface area contributed by atoms with Gasteiger partial charge in [0.05, 0.1) is 6.42 Å². The summed E-state index contributed by atoms with van der Waals surface area (Å²) in [6.07, 6.45) is 4.08. The van der Waals surface area contributed by atoms with Crippen molar-refractivity contribution in [1.82, 2.24) is 10.3 Å². The summed E-state index contributed by atoms with van der Waals surface area (Å²) in [6, 6.07) is 6.12. The molecule has 1 amide bonds. The monoisotopic (exact) mass is 316 g/mol. The molecule has 0 saturated heterocycles. The van der Waals surface area contributed by atoms with Crippen LogP contribution in [0.5, 0.6) is 0 Å². The molecule has 1 atom stereocenters. The number of amides is 1. The number of carbonyl (C=O) groups excluding carboxylic acids is 1. The fourth-order valence-electron chi connectivity index (χ4n) is 3.24. The standard InChI is InChI=1S/C19H28N2O2/c1-13(2)9-15(7-8-22)11-21-18(23)10-16-12-20-17-6-4-5-14(3)19(16)17/h4-6,12-13,15,20,22H,7-11H2,1-3H3,(H,21,23). The van der Waals surface area contributed by atoms with E-state index >= 15 is 0 Å². The van der Waals surface area contributed by atoms with Crippen molar-refractivity contribution in [3.8, 4) is 0 Å². The van der Waals surface area contributed by atoms with Crippen LogP contribution in [-0.4, -0.2) is 29.1 Å². The second kappa shape index (κ2) is 8.16. The van der Waals surface area contributed by atoms with Crippen LogP contribution in [0.1, 0.15) is 37.8 Å². The van der Waals surface area contributed by atoms with E-state index in [0.717, 1.165) is 29.3 Å². The van der Waals surface area contributed by atoms with E-state index in [9.17, 15) is 4.79 Å². The van der Waals surface area contributed by atoms with Crippen molar-refractivity contribution in [1.29, 1.82) is 0 Å². The fourth-order valence-corrected chi connectivity index (χ4v) is 3.24. The topological polar surface area (TPSA) is 65.1 Å². The first-order valence-corrected chi connectivity index (χ1v) is 8.44. The Morgan fingerprint density at radius 2 is 2.13 bits per heavy atom. The SMILES string of the molecule is Cc1cccc2[nH]cc(CC(=O)NCC(CCO)CC(C)C)c12. The van der Waals surface area contributed by atoms with E-state index in [4.69, 9.17) is 5.11 Å². The highest BCUT2D eigenvalue weighted by atomic mass is 16.3. The van der Waals surface area contributed by atoms with E-state index in [1.165, 1.54) is 5.56 Å². The van der Waals surface area contributed by atoms with E-state index < -0.39 is 0 Å². The van der Waals surface area contributed by atoms with Crippen molar-refractivity contribution in [3.63, 3.8) is 0 Å². The number of aromatic amines is 1. The second-order valence-corrected chi connectivity index (χ2v) is 6.80. The van der Waals surface area contributed by atoms with Gasteiger partial charge in [0.25, 0.3) is 0 Å². The smallest absolute Gasteiger partial charge is 0.224 e. The number of aromatic nitrogens is 1. The predicted molar refractivity (Wildman–Crippen MR) is 94.4 cm³/mol. The minimum Gasteiger partial charge on any atom is -0.396 e. The van der Waals surface area contributed by atoms with E-state index in [1.807, 2.05) is 18.3 Å². The number of aryl methyl sites for hydroxylation is 1. The third-order valence-corrected chi connectivity index (χ3v) is 4.28. The van der Waals surface area contributed by atoms with Gasteiger partial charge in [-0.15, -0.1) is 0 Å². The van der Waals surface area contributed by atoms with Crippen LogP contribution in [0.15, 0.2) is 24.4 Å². The number of hydrogen-bond donors (Lipinski definition) is 3. The van der Waals surface area contributed by atoms with Gasteiger partial charge in [-0.25, -0.2) is 0 Å². The lowest BCUT2D eigenvalue weighted by molar-refractivity contribution is -0.120. The molecule has 0 spiro atoms. The Kier molecular flexibility index (Phi) is 6.22. The highest BCUT2D eigenvalue weighted by Gasteiger charge is 2.14. The Bertz CT molecular complexity index is 646. The molecule has 0 aliphatic heterocycles. The van der Waals surface area contributed by atoms with Crippen molar-refractivity contribution >= 4 is 16.8 Å². The number of carbonyl (C=O) groups is 1. The largest absolute Gasteiger partial charge is 0.396 e. The highest BCUT2D eigenvalue weighted by Crippen LogP contribution is 2.22. The maximum atomic E-state index is 12.3. The molecule has 0 aliphatic rings. The summed E-state index contributed by atoms with van der Waals surface area (Å²) in [6.45, 7) is 7.22. The third-order valence-electron chi connectivity index (χ3n) is 4.28. The molecule has 126 valence electrons. The number of aliphatic hydroxyl groups is 1. The molecule has 1 aromatic heterocycles. The Morgan fingerprint density at radius 3 is 2.83 bits per heavy atom. The first kappa shape index (κ1) is 17.5. The molecule has 4 heteroatoms. The molecular formula is C19H28N2O2. The zero-order valence-electron chi connectivity index (χ0n) is 14.4. The van der Waals surface area contributed by atoms with Crippen molar-refractivity contribution in [2.45, 2.75) is 40.0 Å². The molecule has 1 heterocycles. The molecule has 23 heavy (non-hydrogen) atoms. The molecule has 1 unspecified atom stereocenters. The highest BCUT2D eigenvalue weighted by molar-refractivity contribution is 5.90. The van der Waals surface area contributed by atoms with Gasteiger partial charge in [-0.3, -0.25) is 4.79 Å². The zero-order chi connectivity index (χ0) is 16.8. The first-order valence-electron chi connectivity index (χ1n) is 8.44. The number of H-pyrrole nitrogens is 1. The summed E-state index contributed by atoms with van der Waals surface area (Å²) in [4.78, 5) is 15.5. The molecule has 2 rings (SSSR count). The Labute approximate surface area is 138 Å². The van der Waals surface area contributed by atoms with Crippen LogP contribution in [0.3, 0.4) is 0 Å². The molecule has 0 radical (unpaired) electrons. The van der Waals surface area contributed by atoms with Gasteiger partial charge >= 0.3 is 0 Å². The van der Waals surface area contributed by atoms with Crippen LogP contribution in [0.2, 0.25) is 0 Å². The van der Waals surface area contributed by atoms with E-state index in [1.54, 1.807) is 0 Å². The Hall–Kier alpha value is -1.81. The molecule has 3 N–H and O–H groups in total. The normalized spacial score (nSPS) is 12.7. The molecule has 0 bridgehead atoms. The lowest BCUT2D eigenvalue weighted by Gasteiger charge is -2.18. The van der Waals surface area contributed by atoms with Crippen molar-refractivity contribution in [2.75, 3.05) is 13.2 Å². The van der Waals surface area contributed by atoms with Gasteiger partial charge in [-0.2, -0.15) is 0 Å². The molecule has 0 aliphatic carbocycles.